The third-order valence-corrected chi connectivity index (χ3v) is 2.28. The van der Waals surface area contributed by atoms with Crippen LogP contribution in [0.4, 0.5) is 0 Å². The van der Waals surface area contributed by atoms with Crippen molar-refractivity contribution in [3.05, 3.63) is 29.8 Å². The van der Waals surface area contributed by atoms with Gasteiger partial charge in [0.05, 0.1) is 6.04 Å². The summed E-state index contributed by atoms with van der Waals surface area (Å²) in [5, 5.41) is 0. The fraction of sp³-hybridized carbons (Fsp3) is 0.429. The number of benzene rings is 1. The number of nitrogens with two attached hydrogens (primary N) is 1. The van der Waals surface area contributed by atoms with E-state index in [1.54, 1.807) is 0 Å². The van der Waals surface area contributed by atoms with E-state index in [1.165, 1.54) is 0 Å². The molecule has 0 saturated heterocycles. The van der Waals surface area contributed by atoms with Crippen molar-refractivity contribution < 1.29 is 14.3 Å². The van der Waals surface area contributed by atoms with Gasteiger partial charge in [-0.1, -0.05) is 12.1 Å². The zero-order chi connectivity index (χ0) is 13.8. The lowest BCUT2D eigenvalue weighted by Gasteiger charge is -2.21. The highest BCUT2D eigenvalue weighted by molar-refractivity contribution is 6.27. The van der Waals surface area contributed by atoms with Crippen LogP contribution in [0.1, 0.15) is 26.3 Å². The fourth-order valence-electron chi connectivity index (χ4n) is 1.49. The minimum absolute atomic E-state index is 0.245. The number of carbonyl (C=O) groups is 2. The molecule has 0 spiro atoms. The highest BCUT2D eigenvalue weighted by Crippen LogP contribution is 2.18. The van der Waals surface area contributed by atoms with Gasteiger partial charge in [0.1, 0.15) is 11.4 Å². The molecule has 98 valence electrons. The number of ketones is 1. The summed E-state index contributed by atoms with van der Waals surface area (Å²) in [4.78, 5) is 21.4. The van der Waals surface area contributed by atoms with Crippen molar-refractivity contribution >= 4 is 12.1 Å². The van der Waals surface area contributed by atoms with Crippen LogP contribution in [0, 0.1) is 0 Å². The van der Waals surface area contributed by atoms with E-state index in [0.29, 0.717) is 6.42 Å². The van der Waals surface area contributed by atoms with Crippen LogP contribution in [-0.2, 0) is 16.0 Å². The van der Waals surface area contributed by atoms with E-state index in [4.69, 9.17) is 10.5 Å². The second-order valence-electron chi connectivity index (χ2n) is 5.19. The molecule has 0 bridgehead atoms. The van der Waals surface area contributed by atoms with Crippen LogP contribution in [0.2, 0.25) is 0 Å². The first-order valence-corrected chi connectivity index (χ1v) is 5.84. The van der Waals surface area contributed by atoms with Crippen molar-refractivity contribution in [1.82, 2.24) is 0 Å². The highest BCUT2D eigenvalue weighted by atomic mass is 16.5. The molecule has 0 saturated carbocycles. The molecule has 0 aliphatic rings. The number of aldehydes is 1. The van der Waals surface area contributed by atoms with E-state index >= 15 is 0 Å². The van der Waals surface area contributed by atoms with Crippen LogP contribution < -0.4 is 10.5 Å². The molecule has 0 aliphatic heterocycles. The van der Waals surface area contributed by atoms with Crippen molar-refractivity contribution in [3.63, 3.8) is 0 Å². The molecule has 1 atom stereocenters. The Balaban J connectivity index is 2.66. The van der Waals surface area contributed by atoms with Gasteiger partial charge in [0.15, 0.2) is 6.29 Å². The number of ether oxygens (including phenoxy) is 1. The monoisotopic (exact) mass is 249 g/mol. The Kier molecular flexibility index (Phi) is 4.62. The van der Waals surface area contributed by atoms with Crippen LogP contribution in [0.5, 0.6) is 5.75 Å². The molecule has 0 aliphatic carbocycles. The van der Waals surface area contributed by atoms with Crippen LogP contribution in [0.3, 0.4) is 0 Å². The predicted molar refractivity (Wildman–Crippen MR) is 69.6 cm³/mol. The molecule has 18 heavy (non-hydrogen) atoms. The summed E-state index contributed by atoms with van der Waals surface area (Å²) < 4.78 is 5.68. The maximum absolute atomic E-state index is 11.1. The smallest absolute Gasteiger partial charge is 0.212 e. The Hall–Kier alpha value is -1.68. The second kappa shape index (κ2) is 5.78. The molecular weight excluding hydrogens is 230 g/mol. The van der Waals surface area contributed by atoms with Gasteiger partial charge < -0.3 is 10.5 Å². The zero-order valence-electron chi connectivity index (χ0n) is 11.0. The van der Waals surface area contributed by atoms with Crippen molar-refractivity contribution in [2.75, 3.05) is 0 Å². The lowest BCUT2D eigenvalue weighted by molar-refractivity contribution is -0.130. The average Bonchev–Trinajstić information content (AvgIpc) is 2.28. The van der Waals surface area contributed by atoms with Crippen molar-refractivity contribution in [1.29, 1.82) is 0 Å². The Morgan fingerprint density at radius 2 is 1.89 bits per heavy atom. The maximum atomic E-state index is 11.1. The van der Waals surface area contributed by atoms with Gasteiger partial charge in [0.2, 0.25) is 5.78 Å². The van der Waals surface area contributed by atoms with Gasteiger partial charge in [-0.3, -0.25) is 9.59 Å². The highest BCUT2D eigenvalue weighted by Gasteiger charge is 2.14. The van der Waals surface area contributed by atoms with Crippen LogP contribution >= 0.6 is 0 Å². The molecule has 4 nitrogen and oxygen atoms in total. The summed E-state index contributed by atoms with van der Waals surface area (Å²) in [7, 11) is 0. The van der Waals surface area contributed by atoms with Crippen molar-refractivity contribution in [2.24, 2.45) is 5.73 Å². The van der Waals surface area contributed by atoms with Crippen molar-refractivity contribution in [3.8, 4) is 5.75 Å². The zero-order valence-corrected chi connectivity index (χ0v) is 11.0. The second-order valence-corrected chi connectivity index (χ2v) is 5.19. The Morgan fingerprint density at radius 1 is 1.33 bits per heavy atom. The van der Waals surface area contributed by atoms with Gasteiger partial charge in [-0.15, -0.1) is 0 Å². The quantitative estimate of drug-likeness (QED) is 0.634. The molecule has 0 radical (unpaired) electrons. The van der Waals surface area contributed by atoms with Crippen molar-refractivity contribution in [2.45, 2.75) is 38.8 Å². The van der Waals surface area contributed by atoms with Gasteiger partial charge in [-0.05, 0) is 44.9 Å². The van der Waals surface area contributed by atoms with E-state index in [0.717, 1.165) is 11.3 Å². The molecule has 2 N–H and O–H groups in total. The molecule has 4 heteroatoms. The van der Waals surface area contributed by atoms with Crippen LogP contribution in [-0.4, -0.2) is 23.7 Å². The molecule has 0 fully saturated rings. The molecule has 1 rings (SSSR count). The Labute approximate surface area is 107 Å². The van der Waals surface area contributed by atoms with Crippen LogP contribution in [0.25, 0.3) is 0 Å². The SMILES string of the molecule is CC(C)(C)Oc1ccc(C[C@H](N)C(=O)C=O)cc1. The minimum atomic E-state index is -0.767. The number of carbonyl (C=O) groups excluding carboxylic acids is 2. The van der Waals surface area contributed by atoms with Gasteiger partial charge in [0, 0.05) is 0 Å². The van der Waals surface area contributed by atoms with Gasteiger partial charge in [0.25, 0.3) is 0 Å². The number of Topliss-reactive ketones (excluding diaryl/α,β-unsaturated/α-hetero) is 1. The molecular formula is C14H19NO3. The summed E-state index contributed by atoms with van der Waals surface area (Å²) in [6, 6.07) is 6.59. The topological polar surface area (TPSA) is 69.4 Å². The first kappa shape index (κ1) is 14.4. The van der Waals surface area contributed by atoms with E-state index in [1.807, 2.05) is 45.0 Å². The average molecular weight is 249 g/mol. The molecule has 0 heterocycles. The first-order valence-electron chi connectivity index (χ1n) is 5.84. The Morgan fingerprint density at radius 3 is 2.33 bits per heavy atom. The summed E-state index contributed by atoms with van der Waals surface area (Å²) in [6.45, 7) is 5.92. The molecule has 0 amide bonds. The summed E-state index contributed by atoms with van der Waals surface area (Å²) in [5.41, 5.74) is 6.24. The third kappa shape index (κ3) is 4.67. The molecule has 0 unspecified atom stereocenters. The summed E-state index contributed by atoms with van der Waals surface area (Å²) in [5.74, 6) is 0.187. The number of hydrogen-bond acceptors (Lipinski definition) is 4. The lowest BCUT2D eigenvalue weighted by atomic mass is 10.0. The largest absolute Gasteiger partial charge is 0.488 e. The Bertz CT molecular complexity index is 418. The predicted octanol–water partition coefficient (Wildman–Crippen LogP) is 1.50. The van der Waals surface area contributed by atoms with Crippen LogP contribution in [0.15, 0.2) is 24.3 Å². The van der Waals surface area contributed by atoms with Gasteiger partial charge in [-0.2, -0.15) is 0 Å². The first-order chi connectivity index (χ1) is 8.31. The fourth-order valence-corrected chi connectivity index (χ4v) is 1.49. The molecule has 0 aromatic heterocycles. The van der Waals surface area contributed by atoms with E-state index in [2.05, 4.69) is 0 Å². The lowest BCUT2D eigenvalue weighted by Crippen LogP contribution is -2.33. The van der Waals surface area contributed by atoms with E-state index in [-0.39, 0.29) is 11.9 Å². The third-order valence-electron chi connectivity index (χ3n) is 2.28. The summed E-state index contributed by atoms with van der Waals surface area (Å²) >= 11 is 0. The van der Waals surface area contributed by atoms with E-state index in [9.17, 15) is 9.59 Å². The minimum Gasteiger partial charge on any atom is -0.488 e. The molecule has 1 aromatic carbocycles. The van der Waals surface area contributed by atoms with Gasteiger partial charge >= 0.3 is 0 Å². The van der Waals surface area contributed by atoms with Gasteiger partial charge in [-0.25, -0.2) is 0 Å². The number of hydrogen-bond donors (Lipinski definition) is 1. The summed E-state index contributed by atoms with van der Waals surface area (Å²) in [6.07, 6.45) is 0.620. The van der Waals surface area contributed by atoms with E-state index < -0.39 is 11.8 Å². The normalized spacial score (nSPS) is 12.9. The number of rotatable bonds is 5. The maximum Gasteiger partial charge on any atom is 0.212 e. The standard InChI is InChI=1S/C14H19NO3/c1-14(2,3)18-11-6-4-10(5-7-11)8-12(15)13(17)9-16/h4-7,9,12H,8,15H2,1-3H3/t12-/m0/s1. The molecule has 1 aromatic rings.